The number of rotatable bonds is 8. The Bertz CT molecular complexity index is 1060. The highest BCUT2D eigenvalue weighted by atomic mass is 79.9. The summed E-state index contributed by atoms with van der Waals surface area (Å²) in [5.74, 6) is 0.235. The average Bonchev–Trinajstić information content (AvgIpc) is 3.32. The Morgan fingerprint density at radius 2 is 1.96 bits per heavy atom. The minimum Gasteiger partial charge on any atom is -0.439 e. The normalized spacial score (nSPS) is 11.5. The number of anilines is 1. The second-order valence-electron chi connectivity index (χ2n) is 5.61. The van der Waals surface area contributed by atoms with Gasteiger partial charge >= 0.3 is 0 Å². The van der Waals surface area contributed by atoms with E-state index in [2.05, 4.69) is 38.4 Å². The summed E-state index contributed by atoms with van der Waals surface area (Å²) in [5, 5.41) is 10.5. The molecule has 0 bridgehead atoms. The molecule has 148 valence electrons. The van der Waals surface area contributed by atoms with Gasteiger partial charge in [0.05, 0.1) is 4.90 Å². The Morgan fingerprint density at radius 3 is 2.68 bits per heavy atom. The molecule has 28 heavy (non-hydrogen) atoms. The summed E-state index contributed by atoms with van der Waals surface area (Å²) in [4.78, 5) is 12.4. The van der Waals surface area contributed by atoms with Gasteiger partial charge in [-0.3, -0.25) is 10.1 Å². The van der Waals surface area contributed by atoms with Crippen LogP contribution in [0.25, 0.3) is 0 Å². The zero-order valence-corrected chi connectivity index (χ0v) is 18.8. The number of carbonyl (C=O) groups excluding carboxylic acids is 1. The molecule has 0 unspecified atom stereocenters. The van der Waals surface area contributed by atoms with E-state index in [1.54, 1.807) is 23.9 Å². The fourth-order valence-electron chi connectivity index (χ4n) is 2.10. The van der Waals surface area contributed by atoms with Gasteiger partial charge in [0.15, 0.2) is 10.1 Å². The monoisotopic (exact) mass is 501 g/mol. The summed E-state index contributed by atoms with van der Waals surface area (Å²) in [6.45, 7) is 2.11. The number of benzene rings is 1. The van der Waals surface area contributed by atoms with E-state index in [9.17, 15) is 13.2 Å². The Labute approximate surface area is 179 Å². The first-order valence-corrected chi connectivity index (χ1v) is 12.4. The molecule has 0 radical (unpaired) electrons. The van der Waals surface area contributed by atoms with E-state index >= 15 is 0 Å². The van der Waals surface area contributed by atoms with Gasteiger partial charge in [-0.2, -0.15) is 0 Å². The van der Waals surface area contributed by atoms with Crippen molar-refractivity contribution in [2.75, 3.05) is 11.1 Å². The van der Waals surface area contributed by atoms with Crippen LogP contribution < -0.4 is 5.32 Å². The van der Waals surface area contributed by atoms with Gasteiger partial charge in [-0.1, -0.05) is 52.4 Å². The second-order valence-corrected chi connectivity index (χ2v) is 10.7. The van der Waals surface area contributed by atoms with Crippen LogP contribution in [0.1, 0.15) is 30.3 Å². The lowest BCUT2D eigenvalue weighted by molar-refractivity contribution is 0.0991. The second kappa shape index (κ2) is 9.21. The van der Waals surface area contributed by atoms with E-state index < -0.39 is 15.7 Å². The third-order valence-corrected chi connectivity index (χ3v) is 7.77. The molecule has 0 aliphatic carbocycles. The summed E-state index contributed by atoms with van der Waals surface area (Å²) in [5.41, 5.74) is 0. The summed E-state index contributed by atoms with van der Waals surface area (Å²) in [6, 6.07) is 8.74. The minimum atomic E-state index is -3.85. The van der Waals surface area contributed by atoms with Crippen LogP contribution in [-0.4, -0.2) is 30.3 Å². The first-order chi connectivity index (χ1) is 13.4. The van der Waals surface area contributed by atoms with Gasteiger partial charge in [0, 0.05) is 10.2 Å². The van der Waals surface area contributed by atoms with Gasteiger partial charge in [-0.25, -0.2) is 8.42 Å². The summed E-state index contributed by atoms with van der Waals surface area (Å²) in [6.07, 6.45) is 2.17. The lowest BCUT2D eigenvalue weighted by atomic mass is 10.4. The van der Waals surface area contributed by atoms with Crippen molar-refractivity contribution in [3.8, 4) is 0 Å². The summed E-state index contributed by atoms with van der Waals surface area (Å²) < 4.78 is 32.0. The first-order valence-electron chi connectivity index (χ1n) is 8.28. The number of sulfone groups is 1. The SMILES string of the molecule is CCCCSc1nnc(NC(=O)c2ccc(S(=O)(=O)c3ccc(Br)cc3)o2)s1. The maximum Gasteiger partial charge on any atom is 0.293 e. The Hall–Kier alpha value is -1.69. The molecule has 3 rings (SSSR count). The van der Waals surface area contributed by atoms with E-state index in [4.69, 9.17) is 4.42 Å². The van der Waals surface area contributed by atoms with Gasteiger partial charge in [0.2, 0.25) is 20.1 Å². The van der Waals surface area contributed by atoms with E-state index in [1.807, 2.05) is 0 Å². The van der Waals surface area contributed by atoms with Crippen LogP contribution in [-0.2, 0) is 9.84 Å². The van der Waals surface area contributed by atoms with Gasteiger partial charge in [0.1, 0.15) is 0 Å². The Balaban J connectivity index is 1.69. The molecular formula is C17H16BrN3O4S3. The van der Waals surface area contributed by atoms with Crippen LogP contribution in [0.5, 0.6) is 0 Å². The standard InChI is InChI=1S/C17H16BrN3O4S3/c1-2-3-10-26-17-21-20-16(27-17)19-15(22)13-8-9-14(25-13)28(23,24)12-6-4-11(18)5-7-12/h4-9H,2-3,10H2,1H3,(H,19,20,22). The number of aromatic nitrogens is 2. The molecule has 0 saturated carbocycles. The summed E-state index contributed by atoms with van der Waals surface area (Å²) >= 11 is 6.10. The Morgan fingerprint density at radius 1 is 1.21 bits per heavy atom. The number of thioether (sulfide) groups is 1. The molecule has 1 amide bonds. The molecular weight excluding hydrogens is 486 g/mol. The molecule has 0 saturated heterocycles. The molecule has 2 aromatic heterocycles. The number of hydrogen-bond donors (Lipinski definition) is 1. The molecule has 0 atom stereocenters. The highest BCUT2D eigenvalue weighted by molar-refractivity contribution is 9.10. The third-order valence-electron chi connectivity index (χ3n) is 3.54. The number of halogens is 1. The van der Waals surface area contributed by atoms with Crippen molar-refractivity contribution in [3.05, 3.63) is 46.6 Å². The van der Waals surface area contributed by atoms with Crippen molar-refractivity contribution in [2.45, 2.75) is 34.1 Å². The van der Waals surface area contributed by atoms with Crippen molar-refractivity contribution in [1.29, 1.82) is 0 Å². The van der Waals surface area contributed by atoms with Crippen LogP contribution in [0.4, 0.5) is 5.13 Å². The predicted octanol–water partition coefficient (Wildman–Crippen LogP) is 4.87. The predicted molar refractivity (Wildman–Crippen MR) is 112 cm³/mol. The van der Waals surface area contributed by atoms with Crippen molar-refractivity contribution in [3.63, 3.8) is 0 Å². The van der Waals surface area contributed by atoms with Crippen LogP contribution >= 0.6 is 39.0 Å². The Kier molecular flexibility index (Phi) is 6.91. The molecule has 0 fully saturated rings. The molecule has 0 aliphatic rings. The number of nitrogens with zero attached hydrogens (tertiary/aromatic N) is 2. The third kappa shape index (κ3) is 5.02. The maximum absolute atomic E-state index is 12.6. The smallest absolute Gasteiger partial charge is 0.293 e. The lowest BCUT2D eigenvalue weighted by Gasteiger charge is -2.01. The number of nitrogens with one attached hydrogen (secondary N) is 1. The molecule has 1 aromatic carbocycles. The van der Waals surface area contributed by atoms with Crippen molar-refractivity contribution in [1.82, 2.24) is 10.2 Å². The van der Waals surface area contributed by atoms with Crippen LogP contribution in [0, 0.1) is 0 Å². The minimum absolute atomic E-state index is 0.0786. The molecule has 11 heteroatoms. The van der Waals surface area contributed by atoms with Gasteiger partial charge in [-0.05, 0) is 42.8 Å². The largest absolute Gasteiger partial charge is 0.439 e. The van der Waals surface area contributed by atoms with Crippen LogP contribution in [0.15, 0.2) is 59.6 Å². The molecule has 2 heterocycles. The maximum atomic E-state index is 12.6. The lowest BCUT2D eigenvalue weighted by Crippen LogP contribution is -2.10. The van der Waals surface area contributed by atoms with Gasteiger partial charge in [-0.15, -0.1) is 10.2 Å². The zero-order chi connectivity index (χ0) is 20.1. The van der Waals surface area contributed by atoms with Crippen molar-refractivity contribution in [2.24, 2.45) is 0 Å². The van der Waals surface area contributed by atoms with Crippen LogP contribution in [0.2, 0.25) is 0 Å². The number of hydrogen-bond acceptors (Lipinski definition) is 8. The number of unbranched alkanes of at least 4 members (excludes halogenated alkanes) is 1. The van der Waals surface area contributed by atoms with Gasteiger partial charge in [0.25, 0.3) is 5.91 Å². The highest BCUT2D eigenvalue weighted by Gasteiger charge is 2.24. The van der Waals surface area contributed by atoms with E-state index in [0.29, 0.717) is 5.13 Å². The molecule has 7 nitrogen and oxygen atoms in total. The molecule has 0 spiro atoms. The van der Waals surface area contributed by atoms with Gasteiger partial charge < -0.3 is 4.42 Å². The number of amides is 1. The molecule has 3 aromatic rings. The van der Waals surface area contributed by atoms with Crippen molar-refractivity contribution < 1.29 is 17.6 Å². The number of carbonyl (C=O) groups is 1. The fraction of sp³-hybridized carbons (Fsp3) is 0.235. The van der Waals surface area contributed by atoms with E-state index in [-0.39, 0.29) is 15.7 Å². The quantitative estimate of drug-likeness (QED) is 0.266. The zero-order valence-electron chi connectivity index (χ0n) is 14.7. The first kappa shape index (κ1) is 21.0. The van der Waals surface area contributed by atoms with Crippen LogP contribution in [0.3, 0.4) is 0 Å². The highest BCUT2D eigenvalue weighted by Crippen LogP contribution is 2.28. The molecule has 0 aliphatic heterocycles. The molecule has 1 N–H and O–H groups in total. The van der Waals surface area contributed by atoms with E-state index in [0.717, 1.165) is 27.4 Å². The average molecular weight is 502 g/mol. The topological polar surface area (TPSA) is 102 Å². The number of furan rings is 1. The summed E-state index contributed by atoms with van der Waals surface area (Å²) in [7, 11) is -3.85. The van der Waals surface area contributed by atoms with Crippen molar-refractivity contribution >= 4 is 59.9 Å². The van der Waals surface area contributed by atoms with E-state index in [1.165, 1.54) is 35.6 Å². The fourth-order valence-corrected chi connectivity index (χ4v) is 5.44.